The predicted octanol–water partition coefficient (Wildman–Crippen LogP) is 0.896. The molecule has 0 aliphatic carbocycles. The summed E-state index contributed by atoms with van der Waals surface area (Å²) in [6.07, 6.45) is 3.22. The van der Waals surface area contributed by atoms with Crippen LogP contribution in [0.25, 0.3) is 16.2 Å². The molecule has 188 valence electrons. The van der Waals surface area contributed by atoms with E-state index in [0.717, 1.165) is 12.3 Å². The van der Waals surface area contributed by atoms with Gasteiger partial charge < -0.3 is 20.1 Å². The number of nitrogens with zero attached hydrogens (tertiary/aromatic N) is 6. The van der Waals surface area contributed by atoms with Crippen LogP contribution in [0.5, 0.6) is 0 Å². The van der Waals surface area contributed by atoms with Crippen LogP contribution in [-0.2, 0) is 9.53 Å². The van der Waals surface area contributed by atoms with E-state index in [1.165, 1.54) is 22.1 Å². The highest BCUT2D eigenvalue weighted by Gasteiger charge is 2.37. The molecule has 1 unspecified atom stereocenters. The fourth-order valence-electron chi connectivity index (χ4n) is 4.23. The number of anilines is 1. The van der Waals surface area contributed by atoms with Crippen molar-refractivity contribution in [1.29, 1.82) is 0 Å². The highest BCUT2D eigenvalue weighted by atomic mass is 32.1. The van der Waals surface area contributed by atoms with E-state index in [0.29, 0.717) is 24.0 Å². The van der Waals surface area contributed by atoms with E-state index in [9.17, 15) is 19.5 Å². The second-order valence-corrected chi connectivity index (χ2v) is 9.42. The van der Waals surface area contributed by atoms with Crippen molar-refractivity contribution in [3.05, 3.63) is 45.4 Å². The molecule has 1 fully saturated rings. The van der Waals surface area contributed by atoms with Crippen LogP contribution in [-0.4, -0.2) is 82.3 Å². The van der Waals surface area contributed by atoms with Gasteiger partial charge in [0.05, 0.1) is 24.0 Å². The number of carbonyl (C=O) groups excluding carboxylic acids is 1. The van der Waals surface area contributed by atoms with Crippen molar-refractivity contribution in [1.82, 2.24) is 24.9 Å². The Hall–Kier alpha value is -3.91. The first-order valence-corrected chi connectivity index (χ1v) is 11.9. The van der Waals surface area contributed by atoms with Crippen molar-refractivity contribution >= 4 is 45.9 Å². The molecule has 1 saturated heterocycles. The summed E-state index contributed by atoms with van der Waals surface area (Å²) in [6.45, 7) is 0.935. The summed E-state index contributed by atoms with van der Waals surface area (Å²) >= 11 is 1.21. The van der Waals surface area contributed by atoms with Crippen molar-refractivity contribution < 1.29 is 23.8 Å². The lowest BCUT2D eigenvalue weighted by molar-refractivity contribution is -0.124. The number of carbonyl (C=O) groups is 2. The Morgan fingerprint density at radius 1 is 1.36 bits per heavy atom. The second kappa shape index (κ2) is 9.28. The van der Waals surface area contributed by atoms with Crippen LogP contribution in [0.15, 0.2) is 33.7 Å². The van der Waals surface area contributed by atoms with Crippen LogP contribution in [0.3, 0.4) is 0 Å². The number of rotatable bonds is 6. The largest absolute Gasteiger partial charge is 0.477 e. The number of hydrogen-bond donors (Lipinski definition) is 2. The Kier molecular flexibility index (Phi) is 6.14. The molecule has 3 aromatic rings. The third kappa shape index (κ3) is 4.18. The van der Waals surface area contributed by atoms with Crippen molar-refractivity contribution in [3.8, 4) is 5.13 Å². The lowest BCUT2D eigenvalue weighted by atomic mass is 9.98. The van der Waals surface area contributed by atoms with Gasteiger partial charge in [-0.1, -0.05) is 0 Å². The van der Waals surface area contributed by atoms with Crippen molar-refractivity contribution in [2.24, 2.45) is 11.0 Å². The number of aromatic carboxylic acids is 1. The van der Waals surface area contributed by atoms with Crippen LogP contribution < -0.4 is 15.6 Å². The maximum atomic E-state index is 15.0. The van der Waals surface area contributed by atoms with Gasteiger partial charge in [-0.15, -0.1) is 11.3 Å². The summed E-state index contributed by atoms with van der Waals surface area (Å²) in [4.78, 5) is 47.1. The van der Waals surface area contributed by atoms with E-state index >= 15 is 4.39 Å². The number of nitrogens with one attached hydrogen (secondary N) is 1. The molecule has 0 radical (unpaired) electrons. The minimum absolute atomic E-state index is 0.0302. The average Bonchev–Trinajstić information content (AvgIpc) is 3.44. The smallest absolute Gasteiger partial charge is 0.341 e. The molecule has 12 nitrogen and oxygen atoms in total. The van der Waals surface area contributed by atoms with Crippen molar-refractivity contribution in [3.63, 3.8) is 0 Å². The van der Waals surface area contributed by atoms with Gasteiger partial charge in [0, 0.05) is 51.4 Å². The zero-order chi connectivity index (χ0) is 25.6. The van der Waals surface area contributed by atoms with E-state index in [1.807, 2.05) is 7.05 Å². The Morgan fingerprint density at radius 2 is 2.14 bits per heavy atom. The van der Waals surface area contributed by atoms with Crippen LogP contribution in [0.2, 0.25) is 0 Å². The van der Waals surface area contributed by atoms with E-state index in [4.69, 9.17) is 4.74 Å². The lowest BCUT2D eigenvalue weighted by Gasteiger charge is -2.39. The first-order chi connectivity index (χ1) is 17.3. The summed E-state index contributed by atoms with van der Waals surface area (Å²) in [7, 11) is 3.42. The second-order valence-electron chi connectivity index (χ2n) is 8.55. The quantitative estimate of drug-likeness (QED) is 0.489. The molecule has 2 aliphatic heterocycles. The monoisotopic (exact) mass is 515 g/mol. The molecule has 0 aromatic carbocycles. The molecule has 0 saturated carbocycles. The normalized spacial score (nSPS) is 17.9. The Balaban J connectivity index is 1.38. The molecular formula is C22H22FN7O5S. The van der Waals surface area contributed by atoms with Crippen LogP contribution in [0, 0.1) is 11.7 Å². The number of fused-ring (bicyclic) bond motifs is 1. The highest BCUT2D eigenvalue weighted by molar-refractivity contribution is 7.12. The number of methoxy groups -OCH3 is 1. The zero-order valence-electron chi connectivity index (χ0n) is 19.3. The number of amidine groups is 1. The molecule has 5 heterocycles. The first kappa shape index (κ1) is 23.8. The van der Waals surface area contributed by atoms with Gasteiger partial charge in [-0.05, 0) is 6.07 Å². The summed E-state index contributed by atoms with van der Waals surface area (Å²) in [5, 5.41) is 20.2. The molecule has 1 amide bonds. The van der Waals surface area contributed by atoms with Gasteiger partial charge in [0.1, 0.15) is 11.4 Å². The molecule has 5 rings (SSSR count). The molecular weight excluding hydrogens is 493 g/mol. The number of aromatic nitrogens is 3. The van der Waals surface area contributed by atoms with E-state index in [2.05, 4.69) is 20.4 Å². The topological polar surface area (TPSA) is 142 Å². The van der Waals surface area contributed by atoms with E-state index in [1.54, 1.807) is 22.4 Å². The zero-order valence-corrected chi connectivity index (χ0v) is 20.2. The molecule has 2 aliphatic rings. The minimum Gasteiger partial charge on any atom is -0.477 e. The third-order valence-corrected chi connectivity index (χ3v) is 6.95. The number of carboxylic acids is 1. The van der Waals surface area contributed by atoms with Gasteiger partial charge in [-0.3, -0.25) is 19.2 Å². The van der Waals surface area contributed by atoms with Gasteiger partial charge >= 0.3 is 5.97 Å². The summed E-state index contributed by atoms with van der Waals surface area (Å²) in [6, 6.07) is 1.04. The standard InChI is InChI=1S/C22H22FN7O5S/c1-28-12(10-35-2)5-16(27-28)25-20(32)11-7-29(8-11)19-15(23)6-13-17(31)14(21(33)34)9-30(18(13)26-19)22-24-3-4-36-22/h3-4,6,9,11-12H,5,7-8,10H2,1-2H3,(H,33,34)(H,25,27,32). The molecule has 14 heteroatoms. The number of thiazole rings is 1. The van der Waals surface area contributed by atoms with Gasteiger partial charge in [0.2, 0.25) is 11.3 Å². The number of amides is 1. The van der Waals surface area contributed by atoms with Gasteiger partial charge in [0.15, 0.2) is 22.4 Å². The third-order valence-electron chi connectivity index (χ3n) is 6.18. The highest BCUT2D eigenvalue weighted by Crippen LogP contribution is 2.29. The van der Waals surface area contributed by atoms with Crippen LogP contribution >= 0.6 is 11.3 Å². The Bertz CT molecular complexity index is 1430. The number of halogens is 1. The number of ether oxygens (including phenoxy) is 1. The number of hydrogen-bond acceptors (Lipinski definition) is 10. The SMILES string of the molecule is COCC1CC(NC(=O)C2CN(c3nc4c(cc3F)c(=O)c(C(=O)O)cn4-c3nccs3)C2)=NN1C. The molecule has 0 spiro atoms. The molecule has 0 bridgehead atoms. The predicted molar refractivity (Wildman–Crippen MR) is 129 cm³/mol. The maximum Gasteiger partial charge on any atom is 0.341 e. The van der Waals surface area contributed by atoms with Crippen LogP contribution in [0.4, 0.5) is 10.2 Å². The van der Waals surface area contributed by atoms with E-state index in [-0.39, 0.29) is 41.9 Å². The number of likely N-dealkylation sites (N-methyl/N-ethyl adjacent to an activating group) is 1. The van der Waals surface area contributed by atoms with Crippen molar-refractivity contribution in [2.45, 2.75) is 12.5 Å². The fraction of sp³-hybridized carbons (Fsp3) is 0.364. The molecule has 2 N–H and O–H groups in total. The summed E-state index contributed by atoms with van der Waals surface area (Å²) in [5.41, 5.74) is -1.27. The summed E-state index contributed by atoms with van der Waals surface area (Å²) in [5.74, 6) is -2.30. The Labute approximate surface area is 207 Å². The van der Waals surface area contributed by atoms with Gasteiger partial charge in [-0.2, -0.15) is 5.10 Å². The fourth-order valence-corrected chi connectivity index (χ4v) is 4.85. The molecule has 36 heavy (non-hydrogen) atoms. The van der Waals surface area contributed by atoms with Gasteiger partial charge in [0.25, 0.3) is 0 Å². The van der Waals surface area contributed by atoms with Crippen molar-refractivity contribution in [2.75, 3.05) is 38.8 Å². The lowest BCUT2D eigenvalue weighted by Crippen LogP contribution is -2.55. The minimum atomic E-state index is -1.43. The van der Waals surface area contributed by atoms with Gasteiger partial charge in [-0.25, -0.2) is 19.2 Å². The Morgan fingerprint density at radius 3 is 2.81 bits per heavy atom. The maximum absolute atomic E-state index is 15.0. The number of pyridine rings is 2. The first-order valence-electron chi connectivity index (χ1n) is 11.0. The van der Waals surface area contributed by atoms with Crippen LogP contribution in [0.1, 0.15) is 16.8 Å². The molecule has 1 atom stereocenters. The average molecular weight is 516 g/mol. The molecule has 3 aromatic heterocycles. The van der Waals surface area contributed by atoms with E-state index < -0.39 is 28.7 Å². The number of hydrazone groups is 1. The number of carboxylic acid groups (broad SMARTS) is 1. The summed E-state index contributed by atoms with van der Waals surface area (Å²) < 4.78 is 21.6.